The minimum atomic E-state index is -4.77. The number of hydrogen-bond acceptors (Lipinski definition) is 7. The molecule has 1 heterocycles. The maximum absolute atomic E-state index is 12.6. The van der Waals surface area contributed by atoms with Crippen LogP contribution >= 0.6 is 0 Å². The second-order valence-electron chi connectivity index (χ2n) is 11.8. The normalized spacial score (nSPS) is 18.4. The van der Waals surface area contributed by atoms with Gasteiger partial charge in [0.2, 0.25) is 5.95 Å². The van der Waals surface area contributed by atoms with Crippen molar-refractivity contribution in [3.05, 3.63) is 42.5 Å². The molecule has 0 spiro atoms. The summed E-state index contributed by atoms with van der Waals surface area (Å²) < 4.78 is 54.2. The Morgan fingerprint density at radius 2 is 1.81 bits per heavy atom. The Morgan fingerprint density at radius 3 is 2.45 bits per heavy atom. The molecule has 12 heteroatoms. The van der Waals surface area contributed by atoms with E-state index < -0.39 is 12.3 Å². The number of halogens is 3. The Kier molecular flexibility index (Phi) is 9.22. The molecule has 1 N–H and O–H groups in total. The molecule has 1 amide bonds. The van der Waals surface area contributed by atoms with Crippen molar-refractivity contribution >= 4 is 34.5 Å². The van der Waals surface area contributed by atoms with Gasteiger partial charge in [0.25, 0.3) is 5.91 Å². The zero-order chi connectivity index (χ0) is 30.7. The van der Waals surface area contributed by atoms with Crippen LogP contribution in [0.25, 0.3) is 11.0 Å². The van der Waals surface area contributed by atoms with Gasteiger partial charge < -0.3 is 29.0 Å². The fourth-order valence-electron chi connectivity index (χ4n) is 5.89. The highest BCUT2D eigenvalue weighted by Crippen LogP contribution is 2.43. The van der Waals surface area contributed by atoms with Crippen molar-refractivity contribution < 1.29 is 37.0 Å². The zero-order valence-electron chi connectivity index (χ0n) is 24.5. The van der Waals surface area contributed by atoms with Gasteiger partial charge in [-0.1, -0.05) is 20.8 Å². The summed E-state index contributed by atoms with van der Waals surface area (Å²) in [4.78, 5) is 29.9. The number of carbonyl (C=O) groups excluding carboxylic acids is 2. The van der Waals surface area contributed by atoms with Gasteiger partial charge in [-0.05, 0) is 72.9 Å². The Labute approximate surface area is 242 Å². The summed E-state index contributed by atoms with van der Waals surface area (Å²) in [6, 6.07) is 10.9. The van der Waals surface area contributed by atoms with E-state index in [9.17, 15) is 22.8 Å². The third-order valence-electron chi connectivity index (χ3n) is 7.36. The summed E-state index contributed by atoms with van der Waals surface area (Å²) in [5.74, 6) is 0.727. The predicted octanol–water partition coefficient (Wildman–Crippen LogP) is 6.15. The molecule has 0 aliphatic heterocycles. The van der Waals surface area contributed by atoms with Crippen LogP contribution in [0.4, 0.5) is 24.8 Å². The lowest BCUT2D eigenvalue weighted by Crippen LogP contribution is -2.35. The maximum Gasteiger partial charge on any atom is 0.573 e. The number of alkyl halides is 3. The van der Waals surface area contributed by atoms with Crippen LogP contribution in [0.5, 0.6) is 11.5 Å². The fourth-order valence-corrected chi connectivity index (χ4v) is 5.89. The van der Waals surface area contributed by atoms with Crippen molar-refractivity contribution in [2.75, 3.05) is 32.6 Å². The lowest BCUT2D eigenvalue weighted by Gasteiger charge is -2.39. The van der Waals surface area contributed by atoms with Crippen LogP contribution in [0, 0.1) is 17.3 Å². The zero-order valence-corrected chi connectivity index (χ0v) is 24.5. The van der Waals surface area contributed by atoms with Crippen LogP contribution in [0.15, 0.2) is 42.5 Å². The summed E-state index contributed by atoms with van der Waals surface area (Å²) in [5.41, 5.74) is 2.25. The molecule has 9 nitrogen and oxygen atoms in total. The minimum absolute atomic E-state index is 0.183. The molecular weight excluding hydrogens is 553 g/mol. The molecule has 1 saturated carbocycles. The molecule has 1 aliphatic carbocycles. The molecule has 0 bridgehead atoms. The number of likely N-dealkylation sites (N-methyl/N-ethyl adjacent to an activating group) is 1. The first-order chi connectivity index (χ1) is 19.7. The Bertz CT molecular complexity index is 1400. The van der Waals surface area contributed by atoms with E-state index in [1.54, 1.807) is 12.1 Å². The van der Waals surface area contributed by atoms with Gasteiger partial charge in [0.05, 0.1) is 18.1 Å². The number of rotatable bonds is 10. The van der Waals surface area contributed by atoms with Gasteiger partial charge in [-0.25, -0.2) is 4.98 Å². The number of aromatic nitrogens is 2. The number of amides is 1. The van der Waals surface area contributed by atoms with Gasteiger partial charge in [0, 0.05) is 25.3 Å². The number of ether oxygens (including phenoxy) is 3. The Balaban J connectivity index is 1.58. The number of carbonyl (C=O) groups is 2. The molecule has 4 rings (SSSR count). The number of esters is 1. The number of methoxy groups -OCH3 is 1. The second kappa shape index (κ2) is 12.5. The van der Waals surface area contributed by atoms with E-state index in [4.69, 9.17) is 9.72 Å². The van der Waals surface area contributed by atoms with Crippen molar-refractivity contribution in [3.8, 4) is 11.5 Å². The van der Waals surface area contributed by atoms with Crippen molar-refractivity contribution in [1.82, 2.24) is 14.5 Å². The standard InChI is InChI=1S/C30H37F3N4O5/c1-19-12-20(15-29(2,3)14-19)16-37-25-11-10-23(41-18-26(38)36(4)17-27(39)40-5)13-24(25)35-28(37)34-21-6-8-22(9-7-21)42-30(31,32)33/h6-11,13,19-20H,12,14-18H2,1-5H3,(H,34,35)/t19-,20+/m0/s1. The predicted molar refractivity (Wildman–Crippen MR) is 152 cm³/mol. The molecule has 0 radical (unpaired) electrons. The minimum Gasteiger partial charge on any atom is -0.484 e. The highest BCUT2D eigenvalue weighted by atomic mass is 19.4. The van der Waals surface area contributed by atoms with Crippen LogP contribution in [0.1, 0.15) is 40.0 Å². The average molecular weight is 591 g/mol. The SMILES string of the molecule is COC(=O)CN(C)C(=O)COc1ccc2c(c1)nc(Nc1ccc(OC(F)(F)F)cc1)n2C[C@@H]1C[C@H](C)CC(C)(C)C1. The molecule has 0 saturated heterocycles. The number of anilines is 2. The van der Waals surface area contributed by atoms with E-state index in [2.05, 4.69) is 40.1 Å². The molecule has 2 atom stereocenters. The van der Waals surface area contributed by atoms with Gasteiger partial charge in [-0.3, -0.25) is 9.59 Å². The molecule has 1 aliphatic rings. The summed E-state index contributed by atoms with van der Waals surface area (Å²) in [7, 11) is 2.74. The van der Waals surface area contributed by atoms with E-state index in [0.717, 1.165) is 18.4 Å². The van der Waals surface area contributed by atoms with E-state index in [1.807, 2.05) is 6.07 Å². The molecule has 3 aromatic rings. The largest absolute Gasteiger partial charge is 0.573 e. The first kappa shape index (κ1) is 31.0. The number of benzene rings is 2. The van der Waals surface area contributed by atoms with E-state index in [-0.39, 0.29) is 30.2 Å². The summed E-state index contributed by atoms with van der Waals surface area (Å²) in [6.07, 6.45) is -1.47. The van der Waals surface area contributed by atoms with Crippen LogP contribution in [0.3, 0.4) is 0 Å². The molecule has 228 valence electrons. The van der Waals surface area contributed by atoms with Crippen molar-refractivity contribution in [2.24, 2.45) is 17.3 Å². The van der Waals surface area contributed by atoms with Crippen LogP contribution in [-0.2, 0) is 20.9 Å². The van der Waals surface area contributed by atoms with E-state index in [1.165, 1.54) is 49.7 Å². The van der Waals surface area contributed by atoms with Gasteiger partial charge in [-0.15, -0.1) is 13.2 Å². The monoisotopic (exact) mass is 590 g/mol. The Hall–Kier alpha value is -3.96. The van der Waals surface area contributed by atoms with Crippen molar-refractivity contribution in [3.63, 3.8) is 0 Å². The van der Waals surface area contributed by atoms with E-state index >= 15 is 0 Å². The van der Waals surface area contributed by atoms with Gasteiger partial charge in [0.15, 0.2) is 6.61 Å². The fraction of sp³-hybridized carbons (Fsp3) is 0.500. The number of nitrogens with zero attached hydrogens (tertiary/aromatic N) is 3. The summed E-state index contributed by atoms with van der Waals surface area (Å²) in [5, 5.41) is 3.25. The number of imidazole rings is 1. The van der Waals surface area contributed by atoms with Crippen LogP contribution < -0.4 is 14.8 Å². The summed E-state index contributed by atoms with van der Waals surface area (Å²) in [6.45, 7) is 7.11. The van der Waals surface area contributed by atoms with Gasteiger partial charge in [0.1, 0.15) is 18.0 Å². The van der Waals surface area contributed by atoms with Crippen molar-refractivity contribution in [1.29, 1.82) is 0 Å². The van der Waals surface area contributed by atoms with E-state index in [0.29, 0.717) is 41.3 Å². The van der Waals surface area contributed by atoms with Crippen LogP contribution in [-0.4, -0.2) is 60.0 Å². The third kappa shape index (κ3) is 8.29. The lowest BCUT2D eigenvalue weighted by molar-refractivity contribution is -0.274. The molecule has 0 unspecified atom stereocenters. The number of hydrogen-bond donors (Lipinski definition) is 1. The quantitative estimate of drug-likeness (QED) is 0.283. The first-order valence-corrected chi connectivity index (χ1v) is 13.8. The maximum atomic E-state index is 12.6. The Morgan fingerprint density at radius 1 is 1.12 bits per heavy atom. The highest BCUT2D eigenvalue weighted by molar-refractivity contribution is 5.83. The van der Waals surface area contributed by atoms with Gasteiger partial charge >= 0.3 is 12.3 Å². The first-order valence-electron chi connectivity index (χ1n) is 13.8. The number of nitrogens with one attached hydrogen (secondary N) is 1. The van der Waals surface area contributed by atoms with Crippen LogP contribution in [0.2, 0.25) is 0 Å². The molecular formula is C30H37F3N4O5. The number of fused-ring (bicyclic) bond motifs is 1. The molecule has 2 aromatic carbocycles. The third-order valence-corrected chi connectivity index (χ3v) is 7.36. The van der Waals surface area contributed by atoms with Crippen molar-refractivity contribution in [2.45, 2.75) is 52.9 Å². The molecule has 1 aromatic heterocycles. The lowest BCUT2D eigenvalue weighted by atomic mass is 9.68. The average Bonchev–Trinajstić information content (AvgIpc) is 3.21. The van der Waals surface area contributed by atoms with Gasteiger partial charge in [-0.2, -0.15) is 0 Å². The smallest absolute Gasteiger partial charge is 0.484 e. The topological polar surface area (TPSA) is 94.9 Å². The molecule has 42 heavy (non-hydrogen) atoms. The molecule has 1 fully saturated rings. The highest BCUT2D eigenvalue weighted by Gasteiger charge is 2.33. The second-order valence-corrected chi connectivity index (χ2v) is 11.8. The summed E-state index contributed by atoms with van der Waals surface area (Å²) >= 11 is 0.